The van der Waals surface area contributed by atoms with Gasteiger partial charge in [-0.1, -0.05) is 32.1 Å². The predicted octanol–water partition coefficient (Wildman–Crippen LogP) is 1.88. The largest absolute Gasteiger partial charge is 0.352 e. The normalized spacial score (nSPS) is 28.4. The lowest BCUT2D eigenvalue weighted by atomic mass is 9.96. The van der Waals surface area contributed by atoms with Gasteiger partial charge in [0.25, 0.3) is 0 Å². The van der Waals surface area contributed by atoms with Crippen LogP contribution in [0.2, 0.25) is 0 Å². The Labute approximate surface area is 102 Å². The van der Waals surface area contributed by atoms with E-state index in [1.165, 1.54) is 44.9 Å². The van der Waals surface area contributed by atoms with Crippen molar-refractivity contribution < 1.29 is 4.79 Å². The van der Waals surface area contributed by atoms with E-state index in [-0.39, 0.29) is 11.9 Å². The highest BCUT2D eigenvalue weighted by Gasteiger charge is 2.24. The number of thioether (sulfide) groups is 1. The van der Waals surface area contributed by atoms with E-state index in [4.69, 9.17) is 0 Å². The number of carbonyl (C=O) groups excluding carboxylic acids is 1. The predicted molar refractivity (Wildman–Crippen MR) is 68.5 cm³/mol. The van der Waals surface area contributed by atoms with Crippen LogP contribution in [0.25, 0.3) is 0 Å². The molecular formula is C12H22N2OS. The van der Waals surface area contributed by atoms with E-state index in [0.29, 0.717) is 6.04 Å². The van der Waals surface area contributed by atoms with Crippen molar-refractivity contribution in [3.05, 3.63) is 0 Å². The van der Waals surface area contributed by atoms with Crippen LogP contribution in [0.1, 0.15) is 44.9 Å². The Bertz CT molecular complexity index is 221. The second-order valence-electron chi connectivity index (χ2n) is 4.82. The third kappa shape index (κ3) is 3.67. The summed E-state index contributed by atoms with van der Waals surface area (Å²) in [5, 5.41) is 6.44. The van der Waals surface area contributed by atoms with Crippen molar-refractivity contribution >= 4 is 17.7 Å². The molecule has 0 bridgehead atoms. The van der Waals surface area contributed by atoms with Gasteiger partial charge in [0.2, 0.25) is 5.91 Å². The van der Waals surface area contributed by atoms with Crippen LogP contribution in [0.4, 0.5) is 0 Å². The number of carbonyl (C=O) groups is 1. The molecule has 1 aliphatic heterocycles. The number of hydrogen-bond acceptors (Lipinski definition) is 3. The van der Waals surface area contributed by atoms with E-state index in [1.54, 1.807) is 0 Å². The first kappa shape index (κ1) is 12.2. The average Bonchev–Trinajstić information content (AvgIpc) is 2.74. The van der Waals surface area contributed by atoms with Crippen LogP contribution in [-0.2, 0) is 4.79 Å². The molecule has 0 spiro atoms. The Morgan fingerprint density at radius 1 is 1.12 bits per heavy atom. The zero-order valence-electron chi connectivity index (χ0n) is 9.84. The Hall–Kier alpha value is -0.220. The third-order valence-electron chi connectivity index (χ3n) is 3.48. The van der Waals surface area contributed by atoms with E-state index in [9.17, 15) is 4.79 Å². The van der Waals surface area contributed by atoms with Crippen molar-refractivity contribution in [2.24, 2.45) is 0 Å². The molecule has 2 N–H and O–H groups in total. The SMILES string of the molecule is O=C(NC1CCCCCCC1)C1CSCN1. The quantitative estimate of drug-likeness (QED) is 0.777. The van der Waals surface area contributed by atoms with Crippen LogP contribution in [0.3, 0.4) is 0 Å². The van der Waals surface area contributed by atoms with Gasteiger partial charge in [-0.05, 0) is 12.8 Å². The molecule has 92 valence electrons. The lowest BCUT2D eigenvalue weighted by Crippen LogP contribution is -2.46. The molecule has 1 atom stereocenters. The maximum Gasteiger partial charge on any atom is 0.238 e. The van der Waals surface area contributed by atoms with Crippen molar-refractivity contribution in [2.75, 3.05) is 11.6 Å². The fourth-order valence-corrected chi connectivity index (χ4v) is 3.41. The smallest absolute Gasteiger partial charge is 0.238 e. The molecule has 3 nitrogen and oxygen atoms in total. The van der Waals surface area contributed by atoms with Gasteiger partial charge in [0.1, 0.15) is 0 Å². The zero-order chi connectivity index (χ0) is 11.2. The molecule has 1 saturated heterocycles. The zero-order valence-corrected chi connectivity index (χ0v) is 10.7. The standard InChI is InChI=1S/C12H22N2OS/c15-12(11-8-16-9-13-11)14-10-6-4-2-1-3-5-7-10/h10-11,13H,1-9H2,(H,14,15). The molecule has 1 aliphatic carbocycles. The summed E-state index contributed by atoms with van der Waals surface area (Å²) in [5.74, 6) is 2.07. The molecule has 2 rings (SSSR count). The van der Waals surface area contributed by atoms with Gasteiger partial charge >= 0.3 is 0 Å². The van der Waals surface area contributed by atoms with Gasteiger partial charge in [0.15, 0.2) is 0 Å². The lowest BCUT2D eigenvalue weighted by molar-refractivity contribution is -0.123. The minimum atomic E-state index is 0.0513. The Kier molecular flexibility index (Phi) is 4.97. The number of rotatable bonds is 2. The van der Waals surface area contributed by atoms with Gasteiger partial charge in [-0.3, -0.25) is 10.1 Å². The molecule has 4 heteroatoms. The van der Waals surface area contributed by atoms with Crippen molar-refractivity contribution in [2.45, 2.75) is 57.0 Å². The van der Waals surface area contributed by atoms with Gasteiger partial charge in [0.05, 0.1) is 6.04 Å². The summed E-state index contributed by atoms with van der Waals surface area (Å²) in [7, 11) is 0. The van der Waals surface area contributed by atoms with Crippen molar-refractivity contribution in [3.63, 3.8) is 0 Å². The summed E-state index contributed by atoms with van der Waals surface area (Å²) in [4.78, 5) is 11.9. The number of nitrogens with one attached hydrogen (secondary N) is 2. The Morgan fingerprint density at radius 2 is 1.81 bits per heavy atom. The molecular weight excluding hydrogens is 220 g/mol. The molecule has 16 heavy (non-hydrogen) atoms. The summed E-state index contributed by atoms with van der Waals surface area (Å²) in [5.41, 5.74) is 0. The second-order valence-corrected chi connectivity index (χ2v) is 5.85. The minimum Gasteiger partial charge on any atom is -0.352 e. The lowest BCUT2D eigenvalue weighted by Gasteiger charge is -2.22. The average molecular weight is 242 g/mol. The van der Waals surface area contributed by atoms with Crippen LogP contribution < -0.4 is 10.6 Å². The molecule has 1 unspecified atom stereocenters. The summed E-state index contributed by atoms with van der Waals surface area (Å²) in [6.45, 7) is 0. The van der Waals surface area contributed by atoms with Crippen molar-refractivity contribution in [1.29, 1.82) is 0 Å². The maximum absolute atomic E-state index is 11.9. The molecule has 0 aromatic rings. The van der Waals surface area contributed by atoms with E-state index >= 15 is 0 Å². The minimum absolute atomic E-state index is 0.0513. The van der Waals surface area contributed by atoms with Crippen LogP contribution in [0, 0.1) is 0 Å². The van der Waals surface area contributed by atoms with Gasteiger partial charge in [0, 0.05) is 17.7 Å². The summed E-state index contributed by atoms with van der Waals surface area (Å²) < 4.78 is 0. The summed E-state index contributed by atoms with van der Waals surface area (Å²) >= 11 is 1.81. The third-order valence-corrected chi connectivity index (χ3v) is 4.42. The first-order valence-corrected chi connectivity index (χ1v) is 7.63. The molecule has 1 saturated carbocycles. The van der Waals surface area contributed by atoms with E-state index in [0.717, 1.165) is 11.6 Å². The molecule has 0 aromatic carbocycles. The highest BCUT2D eigenvalue weighted by molar-refractivity contribution is 7.99. The Balaban J connectivity index is 1.75. The highest BCUT2D eigenvalue weighted by Crippen LogP contribution is 2.17. The number of amides is 1. The summed E-state index contributed by atoms with van der Waals surface area (Å²) in [6, 6.07) is 0.482. The monoisotopic (exact) mass is 242 g/mol. The van der Waals surface area contributed by atoms with E-state index in [2.05, 4.69) is 10.6 Å². The Morgan fingerprint density at radius 3 is 2.44 bits per heavy atom. The highest BCUT2D eigenvalue weighted by atomic mass is 32.2. The fourth-order valence-electron chi connectivity index (χ4n) is 2.47. The van der Waals surface area contributed by atoms with Gasteiger partial charge in [-0.2, -0.15) is 0 Å². The van der Waals surface area contributed by atoms with Gasteiger partial charge in [-0.15, -0.1) is 11.8 Å². The first-order valence-electron chi connectivity index (χ1n) is 6.48. The topological polar surface area (TPSA) is 41.1 Å². The van der Waals surface area contributed by atoms with Gasteiger partial charge in [-0.25, -0.2) is 0 Å². The van der Waals surface area contributed by atoms with Crippen LogP contribution >= 0.6 is 11.8 Å². The van der Waals surface area contributed by atoms with Crippen molar-refractivity contribution in [3.8, 4) is 0 Å². The number of hydrogen-bond donors (Lipinski definition) is 2. The van der Waals surface area contributed by atoms with Crippen molar-refractivity contribution in [1.82, 2.24) is 10.6 Å². The second kappa shape index (κ2) is 6.50. The van der Waals surface area contributed by atoms with Crippen LogP contribution in [-0.4, -0.2) is 29.6 Å². The fraction of sp³-hybridized carbons (Fsp3) is 0.917. The molecule has 1 heterocycles. The molecule has 2 aliphatic rings. The van der Waals surface area contributed by atoms with E-state index in [1.807, 2.05) is 11.8 Å². The molecule has 1 amide bonds. The van der Waals surface area contributed by atoms with E-state index < -0.39 is 0 Å². The molecule has 0 aromatic heterocycles. The van der Waals surface area contributed by atoms with Crippen LogP contribution in [0.5, 0.6) is 0 Å². The molecule has 0 radical (unpaired) electrons. The first-order chi connectivity index (χ1) is 7.86. The molecule has 2 fully saturated rings. The summed E-state index contributed by atoms with van der Waals surface area (Å²) in [6.07, 6.45) is 8.95. The van der Waals surface area contributed by atoms with Gasteiger partial charge < -0.3 is 5.32 Å². The van der Waals surface area contributed by atoms with Crippen LogP contribution in [0.15, 0.2) is 0 Å². The maximum atomic E-state index is 11.9.